The molecule has 0 radical (unpaired) electrons. The number of rotatable bonds is 5. The largest absolute Gasteiger partial charge is 0.478 e. The van der Waals surface area contributed by atoms with E-state index in [0.717, 1.165) is 12.1 Å². The van der Waals surface area contributed by atoms with Gasteiger partial charge in [0.25, 0.3) is 0 Å². The van der Waals surface area contributed by atoms with E-state index in [1.54, 1.807) is 0 Å². The van der Waals surface area contributed by atoms with Gasteiger partial charge >= 0.3 is 5.97 Å². The van der Waals surface area contributed by atoms with Gasteiger partial charge in [-0.05, 0) is 64.0 Å². The van der Waals surface area contributed by atoms with E-state index in [2.05, 4.69) is 10.3 Å². The summed E-state index contributed by atoms with van der Waals surface area (Å²) in [6, 6.07) is 6.00. The van der Waals surface area contributed by atoms with Gasteiger partial charge in [-0.1, -0.05) is 0 Å². The zero-order valence-electron chi connectivity index (χ0n) is 14.4. The first-order chi connectivity index (χ1) is 13.7. The lowest BCUT2D eigenvalue weighted by Gasteiger charge is -2.15. The second-order valence-electron chi connectivity index (χ2n) is 5.99. The van der Waals surface area contributed by atoms with Gasteiger partial charge in [0.1, 0.15) is 5.82 Å². The van der Waals surface area contributed by atoms with Crippen molar-refractivity contribution in [3.8, 4) is 0 Å². The summed E-state index contributed by atoms with van der Waals surface area (Å²) in [7, 11) is 0. The third-order valence-corrected chi connectivity index (χ3v) is 4.75. The van der Waals surface area contributed by atoms with Gasteiger partial charge in [0.05, 0.1) is 16.9 Å². The van der Waals surface area contributed by atoms with E-state index >= 15 is 0 Å². The van der Waals surface area contributed by atoms with Crippen molar-refractivity contribution < 1.29 is 27.5 Å². The summed E-state index contributed by atoms with van der Waals surface area (Å²) >= 11 is 1.86. The van der Waals surface area contributed by atoms with Gasteiger partial charge in [-0.25, -0.2) is 27.3 Å². The first-order valence-electron chi connectivity index (χ1n) is 8.04. The number of benzene rings is 2. The third-order valence-electron chi connectivity index (χ3n) is 4.08. The molecule has 0 unspecified atom stereocenters. The second-order valence-corrected chi connectivity index (χ2v) is 7.23. The average molecular weight is 517 g/mol. The molecule has 0 spiro atoms. The number of anilines is 3. The molecule has 2 aromatic carbocycles. The molecule has 150 valence electrons. The fraction of sp³-hybridized carbons (Fsp3) is 0.0526. The van der Waals surface area contributed by atoms with Crippen LogP contribution in [-0.2, 0) is 6.42 Å². The van der Waals surface area contributed by atoms with Gasteiger partial charge in [-0.2, -0.15) is 0 Å². The monoisotopic (exact) mass is 517 g/mol. The van der Waals surface area contributed by atoms with Crippen LogP contribution in [0.4, 0.5) is 34.8 Å². The molecular weight excluding hydrogens is 505 g/mol. The number of nitrogens with zero attached hydrogens (tertiary/aromatic N) is 1. The predicted molar refractivity (Wildman–Crippen MR) is 107 cm³/mol. The van der Waals surface area contributed by atoms with Crippen LogP contribution in [0.1, 0.15) is 21.5 Å². The van der Waals surface area contributed by atoms with Crippen molar-refractivity contribution >= 4 is 45.8 Å². The van der Waals surface area contributed by atoms with Gasteiger partial charge in [0, 0.05) is 16.2 Å². The van der Waals surface area contributed by atoms with Crippen molar-refractivity contribution in [2.24, 2.45) is 0 Å². The molecule has 29 heavy (non-hydrogen) atoms. The van der Waals surface area contributed by atoms with E-state index in [-0.39, 0.29) is 11.3 Å². The number of nitrogens with two attached hydrogens (primary N) is 1. The highest BCUT2D eigenvalue weighted by molar-refractivity contribution is 14.1. The topological polar surface area (TPSA) is 88.2 Å². The normalized spacial score (nSPS) is 10.8. The molecule has 0 saturated heterocycles. The van der Waals surface area contributed by atoms with Crippen molar-refractivity contribution in [2.45, 2.75) is 6.42 Å². The highest BCUT2D eigenvalue weighted by Crippen LogP contribution is 2.31. The number of nitrogen functional groups attached to an aromatic ring is 1. The van der Waals surface area contributed by atoms with Crippen molar-refractivity contribution in [1.82, 2.24) is 4.98 Å². The lowest BCUT2D eigenvalue weighted by Crippen LogP contribution is -2.11. The smallest absolute Gasteiger partial charge is 0.337 e. The first kappa shape index (κ1) is 20.8. The van der Waals surface area contributed by atoms with Crippen LogP contribution in [0.15, 0.2) is 36.5 Å². The maximum absolute atomic E-state index is 14.7. The number of aromatic carboxylic acids is 1. The Morgan fingerprint density at radius 1 is 1.07 bits per heavy atom. The number of aromatic nitrogens is 1. The summed E-state index contributed by atoms with van der Waals surface area (Å²) in [5.74, 6) is -6.60. The number of carboxylic acids is 1. The number of halogens is 5. The highest BCUT2D eigenvalue weighted by Gasteiger charge is 2.24. The van der Waals surface area contributed by atoms with Crippen molar-refractivity contribution in [1.29, 1.82) is 0 Å². The minimum Gasteiger partial charge on any atom is -0.478 e. The summed E-state index contributed by atoms with van der Waals surface area (Å²) in [6.45, 7) is 0. The first-order valence-corrected chi connectivity index (χ1v) is 9.12. The molecule has 0 aliphatic heterocycles. The van der Waals surface area contributed by atoms with E-state index in [4.69, 9.17) is 5.73 Å². The SMILES string of the molecule is Nc1nccc(Cc2cc(C(=O)O)c(Nc3ccc(I)cc3F)c(F)c2F)c1F. The van der Waals surface area contributed by atoms with Crippen LogP contribution >= 0.6 is 22.6 Å². The Labute approximate surface area is 175 Å². The van der Waals surface area contributed by atoms with Crippen LogP contribution in [0.25, 0.3) is 0 Å². The van der Waals surface area contributed by atoms with Crippen LogP contribution in [0, 0.1) is 26.8 Å². The summed E-state index contributed by atoms with van der Waals surface area (Å²) in [5, 5.41) is 11.7. The minimum atomic E-state index is -1.58. The number of carbonyl (C=O) groups is 1. The molecule has 3 rings (SSSR count). The lowest BCUT2D eigenvalue weighted by molar-refractivity contribution is 0.0697. The van der Waals surface area contributed by atoms with Gasteiger partial charge in [0.15, 0.2) is 23.3 Å². The second kappa shape index (κ2) is 8.23. The van der Waals surface area contributed by atoms with E-state index in [9.17, 15) is 27.5 Å². The molecule has 0 fully saturated rings. The van der Waals surface area contributed by atoms with E-state index in [0.29, 0.717) is 3.57 Å². The summed E-state index contributed by atoms with van der Waals surface area (Å²) in [5.41, 5.74) is 3.26. The van der Waals surface area contributed by atoms with Crippen LogP contribution in [0.2, 0.25) is 0 Å². The zero-order valence-corrected chi connectivity index (χ0v) is 16.6. The molecular formula is C19H12F4IN3O2. The molecule has 1 heterocycles. The minimum absolute atomic E-state index is 0.0865. The van der Waals surface area contributed by atoms with Crippen LogP contribution in [0.5, 0.6) is 0 Å². The number of carboxylic acid groups (broad SMARTS) is 1. The molecule has 0 aliphatic rings. The van der Waals surface area contributed by atoms with Crippen molar-refractivity contribution in [3.05, 3.63) is 80.1 Å². The third kappa shape index (κ3) is 4.26. The number of pyridine rings is 1. The lowest BCUT2D eigenvalue weighted by atomic mass is 10.00. The number of nitrogens with one attached hydrogen (secondary N) is 1. The molecule has 0 amide bonds. The Bertz CT molecular complexity index is 1130. The van der Waals surface area contributed by atoms with Gasteiger partial charge in [0.2, 0.25) is 0 Å². The van der Waals surface area contributed by atoms with E-state index in [1.807, 2.05) is 22.6 Å². The maximum Gasteiger partial charge on any atom is 0.337 e. The van der Waals surface area contributed by atoms with Crippen molar-refractivity contribution in [2.75, 3.05) is 11.1 Å². The molecule has 1 aromatic heterocycles. The molecule has 10 heteroatoms. The standard InChI is InChI=1S/C19H12F4IN3O2/c20-12-7-10(24)1-2-13(12)27-17-11(19(28)29)6-9(14(21)16(17)23)5-8-3-4-26-18(25)15(8)22/h1-4,6-7,27H,5H2,(H2,25,26)(H,28,29). The summed E-state index contributed by atoms with van der Waals surface area (Å²) in [4.78, 5) is 15.1. The predicted octanol–water partition coefficient (Wildman–Crippen LogP) is 4.86. The quantitative estimate of drug-likeness (QED) is 0.333. The molecule has 0 atom stereocenters. The molecule has 0 bridgehead atoms. The Hall–Kier alpha value is -2.89. The van der Waals surface area contributed by atoms with Gasteiger partial charge < -0.3 is 16.2 Å². The highest BCUT2D eigenvalue weighted by atomic mass is 127. The van der Waals surface area contributed by atoms with Crippen molar-refractivity contribution in [3.63, 3.8) is 0 Å². The Kier molecular flexibility index (Phi) is 5.91. The van der Waals surface area contributed by atoms with Crippen LogP contribution in [-0.4, -0.2) is 16.1 Å². The fourth-order valence-electron chi connectivity index (χ4n) is 2.67. The Morgan fingerprint density at radius 3 is 2.45 bits per heavy atom. The molecule has 5 nitrogen and oxygen atoms in total. The molecule has 3 aromatic rings. The maximum atomic E-state index is 14.7. The van der Waals surface area contributed by atoms with Gasteiger partial charge in [-0.3, -0.25) is 0 Å². The average Bonchev–Trinajstić information content (AvgIpc) is 2.66. The molecule has 0 aliphatic carbocycles. The Balaban J connectivity index is 2.08. The number of hydrogen-bond donors (Lipinski definition) is 3. The molecule has 4 N–H and O–H groups in total. The summed E-state index contributed by atoms with van der Waals surface area (Å²) in [6.07, 6.45) is 0.731. The van der Waals surface area contributed by atoms with E-state index in [1.165, 1.54) is 24.4 Å². The van der Waals surface area contributed by atoms with Crippen LogP contribution in [0.3, 0.4) is 0 Å². The Morgan fingerprint density at radius 2 is 1.79 bits per heavy atom. The van der Waals surface area contributed by atoms with E-state index < -0.39 is 58.3 Å². The zero-order chi connectivity index (χ0) is 21.3. The fourth-order valence-corrected chi connectivity index (χ4v) is 3.12. The van der Waals surface area contributed by atoms with Crippen LogP contribution < -0.4 is 11.1 Å². The molecule has 0 saturated carbocycles. The number of hydrogen-bond acceptors (Lipinski definition) is 4. The summed E-state index contributed by atoms with van der Waals surface area (Å²) < 4.78 is 58.0. The van der Waals surface area contributed by atoms with Gasteiger partial charge in [-0.15, -0.1) is 0 Å².